The molecular weight excluding hydrogens is 396 g/mol. The first-order chi connectivity index (χ1) is 11.9. The summed E-state index contributed by atoms with van der Waals surface area (Å²) in [6.45, 7) is 1.50. The summed E-state index contributed by atoms with van der Waals surface area (Å²) in [6, 6.07) is -2.57. The summed E-state index contributed by atoms with van der Waals surface area (Å²) < 4.78 is 64.9. The van der Waals surface area contributed by atoms with Gasteiger partial charge in [0.2, 0.25) is 10.0 Å². The number of amidine groups is 1. The molecule has 0 spiro atoms. The van der Waals surface area contributed by atoms with Gasteiger partial charge >= 0.3 is 22.4 Å². The zero-order valence-corrected chi connectivity index (χ0v) is 15.2. The smallest absolute Gasteiger partial charge is 0.418 e. The zero-order valence-electron chi connectivity index (χ0n) is 13.6. The van der Waals surface area contributed by atoms with Gasteiger partial charge in [-0.3, -0.25) is 19.5 Å². The number of rotatable bonds is 7. The van der Waals surface area contributed by atoms with Crippen molar-refractivity contribution in [3.63, 3.8) is 0 Å². The molecule has 2 fully saturated rings. The molecule has 2 rings (SSSR count). The van der Waals surface area contributed by atoms with Crippen molar-refractivity contribution in [2.45, 2.75) is 31.8 Å². The third-order valence-corrected chi connectivity index (χ3v) is 5.20. The second-order valence-corrected chi connectivity index (χ2v) is 8.32. The first-order valence-electron chi connectivity index (χ1n) is 7.45. The summed E-state index contributed by atoms with van der Waals surface area (Å²) in [5, 5.41) is 8.39. The second kappa shape index (κ2) is 7.34. The number of sulfonamides is 1. The number of esters is 1. The lowest BCUT2D eigenvalue weighted by molar-refractivity contribution is -0.139. The number of piperidine rings is 1. The Bertz CT molecular complexity index is 810. The number of hydroxylamine groups is 2. The van der Waals surface area contributed by atoms with Gasteiger partial charge in [0, 0.05) is 6.54 Å². The van der Waals surface area contributed by atoms with Crippen molar-refractivity contribution >= 4 is 38.3 Å². The van der Waals surface area contributed by atoms with Crippen LogP contribution < -0.4 is 4.72 Å². The normalized spacial score (nSPS) is 23.1. The maximum Gasteiger partial charge on any atom is 0.418 e. The van der Waals surface area contributed by atoms with Crippen LogP contribution in [0.5, 0.6) is 0 Å². The first-order valence-corrected chi connectivity index (χ1v) is 10.5. The van der Waals surface area contributed by atoms with Crippen LogP contribution in [0.15, 0.2) is 0 Å². The predicted molar refractivity (Wildman–Crippen MR) is 84.7 cm³/mol. The Balaban J connectivity index is 2.05. The predicted octanol–water partition coefficient (Wildman–Crippen LogP) is -1.55. The highest BCUT2D eigenvalue weighted by Gasteiger charge is 2.48. The standard InChI is InChI=1S/C11H18N4O9S2/c1-2-23-9(16)6-25(18,19)13-10(12)8-4-3-7-5-14(8)11(17)15(7)24-26(20,21)22/h7-8H,2-6H2,1H3,(H2,12,13)(H,20,21,22)/t7-,8+/m1/s1. The van der Waals surface area contributed by atoms with Crippen LogP contribution in [0.3, 0.4) is 0 Å². The fraction of sp³-hybridized carbons (Fsp3) is 0.727. The Labute approximate surface area is 149 Å². The van der Waals surface area contributed by atoms with Gasteiger partial charge in [0.25, 0.3) is 0 Å². The summed E-state index contributed by atoms with van der Waals surface area (Å²) in [7, 11) is -9.10. The molecule has 2 atom stereocenters. The number of hydrogen-bond acceptors (Lipinski definition) is 9. The van der Waals surface area contributed by atoms with Crippen LogP contribution in [0.4, 0.5) is 4.79 Å². The number of ether oxygens (including phenoxy) is 1. The number of amides is 2. The Morgan fingerprint density at radius 2 is 2.00 bits per heavy atom. The molecule has 0 aromatic rings. The highest BCUT2D eigenvalue weighted by atomic mass is 32.3. The SMILES string of the molecule is CCOC(=O)CS(=O)(=O)NC(=N)[C@@H]1CC[C@@H]2CN1C(=O)N2OS(=O)(=O)O. The molecule has 0 aromatic carbocycles. The quantitative estimate of drug-likeness (QED) is 0.192. The molecule has 26 heavy (non-hydrogen) atoms. The van der Waals surface area contributed by atoms with Crippen molar-refractivity contribution in [2.75, 3.05) is 18.9 Å². The number of urea groups is 1. The second-order valence-electron chi connectivity index (χ2n) is 5.59. The largest absolute Gasteiger partial charge is 0.465 e. The number of carbonyl (C=O) groups is 2. The van der Waals surface area contributed by atoms with Crippen LogP contribution in [-0.2, 0) is 34.2 Å². The molecule has 2 aliphatic rings. The molecular formula is C11H18N4O9S2. The van der Waals surface area contributed by atoms with Crippen molar-refractivity contribution in [3.05, 3.63) is 0 Å². The average Bonchev–Trinajstić information content (AvgIpc) is 2.70. The molecule has 2 bridgehead atoms. The van der Waals surface area contributed by atoms with Gasteiger partial charge in [0.1, 0.15) is 5.84 Å². The van der Waals surface area contributed by atoms with Crippen LogP contribution in [0.25, 0.3) is 0 Å². The van der Waals surface area contributed by atoms with E-state index >= 15 is 0 Å². The van der Waals surface area contributed by atoms with Crippen molar-refractivity contribution < 1.29 is 40.0 Å². The minimum atomic E-state index is -4.90. The van der Waals surface area contributed by atoms with E-state index in [9.17, 15) is 26.4 Å². The molecule has 15 heteroatoms. The van der Waals surface area contributed by atoms with Gasteiger partial charge in [-0.25, -0.2) is 13.2 Å². The first kappa shape index (κ1) is 20.3. The lowest BCUT2D eigenvalue weighted by atomic mass is 10.0. The van der Waals surface area contributed by atoms with Crippen LogP contribution in [-0.4, -0.2) is 80.2 Å². The molecule has 0 saturated carbocycles. The van der Waals surface area contributed by atoms with E-state index in [0.717, 1.165) is 4.90 Å². The summed E-state index contributed by atoms with van der Waals surface area (Å²) in [6.07, 6.45) is 0.368. The summed E-state index contributed by atoms with van der Waals surface area (Å²) in [5.41, 5.74) is 0. The van der Waals surface area contributed by atoms with E-state index in [1.165, 1.54) is 6.92 Å². The Kier molecular flexibility index (Phi) is 5.74. The number of fused-ring (bicyclic) bond motifs is 2. The van der Waals surface area contributed by atoms with Gasteiger partial charge in [-0.05, 0) is 19.8 Å². The van der Waals surface area contributed by atoms with E-state index in [1.54, 1.807) is 0 Å². The number of carbonyl (C=O) groups excluding carboxylic acids is 2. The molecule has 148 valence electrons. The van der Waals surface area contributed by atoms with E-state index in [4.69, 9.17) is 9.96 Å². The highest BCUT2D eigenvalue weighted by molar-refractivity contribution is 7.90. The van der Waals surface area contributed by atoms with Crippen molar-refractivity contribution in [1.82, 2.24) is 14.7 Å². The molecule has 2 aliphatic heterocycles. The number of hydrogen-bond donors (Lipinski definition) is 3. The molecule has 2 amide bonds. The highest BCUT2D eigenvalue weighted by Crippen LogP contribution is 2.30. The monoisotopic (exact) mass is 414 g/mol. The summed E-state index contributed by atoms with van der Waals surface area (Å²) >= 11 is 0. The number of nitrogens with one attached hydrogen (secondary N) is 2. The van der Waals surface area contributed by atoms with E-state index in [0.29, 0.717) is 5.06 Å². The van der Waals surface area contributed by atoms with Crippen molar-refractivity contribution in [1.29, 1.82) is 5.41 Å². The molecule has 0 aliphatic carbocycles. The summed E-state index contributed by atoms with van der Waals surface area (Å²) in [5.74, 6) is -2.51. The molecule has 3 N–H and O–H groups in total. The number of nitrogens with zero attached hydrogens (tertiary/aromatic N) is 2. The fourth-order valence-electron chi connectivity index (χ4n) is 2.76. The van der Waals surface area contributed by atoms with Gasteiger partial charge < -0.3 is 9.64 Å². The maximum absolute atomic E-state index is 12.2. The van der Waals surface area contributed by atoms with Crippen molar-refractivity contribution in [3.8, 4) is 0 Å². The molecule has 2 saturated heterocycles. The maximum atomic E-state index is 12.2. The topological polar surface area (TPSA) is 183 Å². The van der Waals surface area contributed by atoms with Crippen molar-refractivity contribution in [2.24, 2.45) is 0 Å². The van der Waals surface area contributed by atoms with E-state index in [2.05, 4.69) is 9.02 Å². The Morgan fingerprint density at radius 3 is 2.58 bits per heavy atom. The Hall–Kier alpha value is -1.97. The molecule has 0 unspecified atom stereocenters. The molecule has 0 aromatic heterocycles. The van der Waals surface area contributed by atoms with Crippen LogP contribution in [0.1, 0.15) is 19.8 Å². The van der Waals surface area contributed by atoms with Gasteiger partial charge in [-0.1, -0.05) is 0 Å². The minimum Gasteiger partial charge on any atom is -0.465 e. The van der Waals surface area contributed by atoms with E-state index < -0.39 is 56.1 Å². The van der Waals surface area contributed by atoms with Gasteiger partial charge in [-0.15, -0.1) is 4.28 Å². The van der Waals surface area contributed by atoms with Gasteiger partial charge in [-0.2, -0.15) is 13.5 Å². The van der Waals surface area contributed by atoms with Gasteiger partial charge in [0.15, 0.2) is 5.75 Å². The third-order valence-electron chi connectivity index (χ3n) is 3.71. The molecule has 0 radical (unpaired) electrons. The van der Waals surface area contributed by atoms with Gasteiger partial charge in [0.05, 0.1) is 18.7 Å². The molecule has 2 heterocycles. The summed E-state index contributed by atoms with van der Waals surface area (Å²) in [4.78, 5) is 24.6. The van der Waals surface area contributed by atoms with Crippen LogP contribution >= 0.6 is 0 Å². The third kappa shape index (κ3) is 4.80. The van der Waals surface area contributed by atoms with Crippen LogP contribution in [0, 0.1) is 5.41 Å². The molecule has 13 nitrogen and oxygen atoms in total. The zero-order chi connectivity index (χ0) is 19.7. The van der Waals surface area contributed by atoms with E-state index in [1.807, 2.05) is 4.72 Å². The minimum absolute atomic E-state index is 0.00168. The van der Waals surface area contributed by atoms with E-state index in [-0.39, 0.29) is 26.0 Å². The average molecular weight is 414 g/mol. The fourth-order valence-corrected chi connectivity index (χ4v) is 4.09. The Morgan fingerprint density at radius 1 is 1.35 bits per heavy atom. The van der Waals surface area contributed by atoms with Crippen LogP contribution in [0.2, 0.25) is 0 Å². The lowest BCUT2D eigenvalue weighted by Gasteiger charge is -2.30. The lowest BCUT2D eigenvalue weighted by Crippen LogP contribution is -2.51.